The van der Waals surface area contributed by atoms with Gasteiger partial charge >= 0.3 is 0 Å². The van der Waals surface area contributed by atoms with E-state index in [1.807, 2.05) is 6.07 Å². The van der Waals surface area contributed by atoms with E-state index in [1.54, 1.807) is 18.2 Å². The van der Waals surface area contributed by atoms with Gasteiger partial charge < -0.3 is 0 Å². The Hall–Kier alpha value is -1.44. The van der Waals surface area contributed by atoms with Crippen molar-refractivity contribution in [2.75, 3.05) is 0 Å². The van der Waals surface area contributed by atoms with Gasteiger partial charge in [0.1, 0.15) is 0 Å². The van der Waals surface area contributed by atoms with Gasteiger partial charge in [0, 0.05) is 10.6 Å². The lowest BCUT2D eigenvalue weighted by Crippen LogP contribution is -1.78. The van der Waals surface area contributed by atoms with Crippen molar-refractivity contribution < 1.29 is 0 Å². The highest BCUT2D eigenvalue weighted by Crippen LogP contribution is 2.13. The summed E-state index contributed by atoms with van der Waals surface area (Å²) in [5, 5.41) is 9.00. The molecule has 0 radical (unpaired) electrons. The molecule has 11 heavy (non-hydrogen) atoms. The van der Waals surface area contributed by atoms with Crippen LogP contribution in [0.25, 0.3) is 0 Å². The van der Waals surface area contributed by atoms with E-state index in [0.717, 1.165) is 0 Å². The minimum absolute atomic E-state index is 0.491. The lowest BCUT2D eigenvalue weighted by atomic mass is 10.1. The average molecular weight is 162 g/mol. The van der Waals surface area contributed by atoms with Crippen LogP contribution in [-0.2, 0) is 0 Å². The first-order chi connectivity index (χ1) is 5.26. The second-order valence-corrected chi connectivity index (χ2v) is 2.42. The molecule has 0 aliphatic carbocycles. The van der Waals surface area contributed by atoms with E-state index in [-0.39, 0.29) is 0 Å². The maximum atomic E-state index is 8.50. The van der Waals surface area contributed by atoms with Gasteiger partial charge in [-0.1, -0.05) is 17.5 Å². The molecular formula is C9H4ClN. The zero-order valence-electron chi connectivity index (χ0n) is 5.63. The molecule has 0 aromatic heterocycles. The summed E-state index contributed by atoms with van der Waals surface area (Å²) in [5.74, 6) is 2.41. The van der Waals surface area contributed by atoms with Gasteiger partial charge in [-0.3, -0.25) is 0 Å². The molecule has 0 bridgehead atoms. The Bertz CT molecular complexity index is 323. The molecule has 1 rings (SSSR count). The molecule has 0 atom stereocenters. The maximum Gasteiger partial charge on any atom is 0.0992 e. The molecule has 0 unspecified atom stereocenters. The number of terminal acetylenes is 1. The standard InChI is InChI=1S/C9H4ClN/c1-2-7-3-8(6-11)5-9(10)4-7/h1,3-5H. The smallest absolute Gasteiger partial charge is 0.0992 e. The third-order valence-electron chi connectivity index (χ3n) is 1.19. The molecule has 0 fully saturated rings. The van der Waals surface area contributed by atoms with E-state index in [1.165, 1.54) is 0 Å². The van der Waals surface area contributed by atoms with Crippen molar-refractivity contribution in [3.63, 3.8) is 0 Å². The summed E-state index contributed by atoms with van der Waals surface area (Å²) in [6.07, 6.45) is 5.12. The van der Waals surface area contributed by atoms with Crippen molar-refractivity contribution in [3.8, 4) is 18.4 Å². The molecule has 0 aliphatic heterocycles. The molecule has 0 saturated carbocycles. The number of rotatable bonds is 0. The summed E-state index contributed by atoms with van der Waals surface area (Å²) in [6, 6.07) is 6.79. The van der Waals surface area contributed by atoms with Crippen LogP contribution in [-0.4, -0.2) is 0 Å². The Morgan fingerprint density at radius 1 is 1.27 bits per heavy atom. The first kappa shape index (κ1) is 7.66. The van der Waals surface area contributed by atoms with Gasteiger partial charge in [-0.2, -0.15) is 5.26 Å². The van der Waals surface area contributed by atoms with E-state index in [4.69, 9.17) is 23.3 Å². The monoisotopic (exact) mass is 161 g/mol. The van der Waals surface area contributed by atoms with E-state index >= 15 is 0 Å². The van der Waals surface area contributed by atoms with E-state index in [9.17, 15) is 0 Å². The summed E-state index contributed by atoms with van der Waals surface area (Å²) in [4.78, 5) is 0. The summed E-state index contributed by atoms with van der Waals surface area (Å²) in [7, 11) is 0. The van der Waals surface area contributed by atoms with Crippen LogP contribution in [0.1, 0.15) is 11.1 Å². The lowest BCUT2D eigenvalue weighted by Gasteiger charge is -1.92. The third-order valence-corrected chi connectivity index (χ3v) is 1.41. The fourth-order valence-corrected chi connectivity index (χ4v) is 0.973. The number of nitrogens with zero attached hydrogens (tertiary/aromatic N) is 1. The maximum absolute atomic E-state index is 8.50. The van der Waals surface area contributed by atoms with Crippen molar-refractivity contribution in [2.45, 2.75) is 0 Å². The zero-order valence-corrected chi connectivity index (χ0v) is 6.39. The summed E-state index contributed by atoms with van der Waals surface area (Å²) in [5.41, 5.74) is 1.12. The van der Waals surface area contributed by atoms with Gasteiger partial charge in [-0.05, 0) is 18.2 Å². The average Bonchev–Trinajstić information content (AvgIpc) is 2.03. The number of hydrogen-bond acceptors (Lipinski definition) is 1. The fraction of sp³-hybridized carbons (Fsp3) is 0. The van der Waals surface area contributed by atoms with Crippen LogP contribution >= 0.6 is 11.6 Å². The van der Waals surface area contributed by atoms with Crippen molar-refractivity contribution in [3.05, 3.63) is 34.3 Å². The summed E-state index contributed by atoms with van der Waals surface area (Å²) < 4.78 is 0. The lowest BCUT2D eigenvalue weighted by molar-refractivity contribution is 1.48. The largest absolute Gasteiger partial charge is 0.192 e. The van der Waals surface area contributed by atoms with Gasteiger partial charge in [-0.25, -0.2) is 0 Å². The highest BCUT2D eigenvalue weighted by molar-refractivity contribution is 6.30. The minimum atomic E-state index is 0.491. The van der Waals surface area contributed by atoms with Crippen LogP contribution in [0.15, 0.2) is 18.2 Å². The molecule has 0 amide bonds. The SMILES string of the molecule is C#Cc1cc(Cl)cc(C#N)c1. The molecule has 1 aromatic carbocycles. The van der Waals surface area contributed by atoms with Crippen LogP contribution in [0.5, 0.6) is 0 Å². The second kappa shape index (κ2) is 3.10. The first-order valence-corrected chi connectivity index (χ1v) is 3.31. The number of benzene rings is 1. The fourth-order valence-electron chi connectivity index (χ4n) is 0.738. The van der Waals surface area contributed by atoms with Gasteiger partial charge in [0.05, 0.1) is 11.6 Å². The van der Waals surface area contributed by atoms with Crippen molar-refractivity contribution >= 4 is 11.6 Å². The molecule has 0 spiro atoms. The molecule has 0 heterocycles. The molecule has 52 valence electrons. The van der Waals surface area contributed by atoms with Gasteiger partial charge in [0.2, 0.25) is 0 Å². The molecule has 1 nitrogen and oxygen atoms in total. The molecule has 1 aromatic rings. The summed E-state index contributed by atoms with van der Waals surface area (Å²) >= 11 is 5.66. The van der Waals surface area contributed by atoms with Crippen molar-refractivity contribution in [1.29, 1.82) is 5.26 Å². The van der Waals surface area contributed by atoms with Crippen LogP contribution in [0.2, 0.25) is 5.02 Å². The van der Waals surface area contributed by atoms with Crippen LogP contribution in [0, 0.1) is 23.7 Å². The minimum Gasteiger partial charge on any atom is -0.192 e. The van der Waals surface area contributed by atoms with Gasteiger partial charge in [0.25, 0.3) is 0 Å². The predicted molar refractivity (Wildman–Crippen MR) is 44.1 cm³/mol. The highest BCUT2D eigenvalue weighted by Gasteiger charge is 1.95. The second-order valence-electron chi connectivity index (χ2n) is 1.98. The molecule has 0 aliphatic rings. The van der Waals surface area contributed by atoms with E-state index in [2.05, 4.69) is 5.92 Å². The van der Waals surface area contributed by atoms with E-state index in [0.29, 0.717) is 16.1 Å². The molecule has 0 saturated heterocycles. The molecule has 0 N–H and O–H groups in total. The van der Waals surface area contributed by atoms with Crippen LogP contribution in [0.3, 0.4) is 0 Å². The van der Waals surface area contributed by atoms with Crippen molar-refractivity contribution in [1.82, 2.24) is 0 Å². The Kier molecular flexibility index (Phi) is 2.16. The first-order valence-electron chi connectivity index (χ1n) is 2.93. The Morgan fingerprint density at radius 2 is 1.91 bits per heavy atom. The topological polar surface area (TPSA) is 23.8 Å². The Morgan fingerprint density at radius 3 is 2.45 bits per heavy atom. The highest BCUT2D eigenvalue weighted by atomic mass is 35.5. The quantitative estimate of drug-likeness (QED) is 0.535. The zero-order chi connectivity index (χ0) is 8.27. The molecular weight excluding hydrogens is 158 g/mol. The Balaban J connectivity index is 3.28. The normalized spacial score (nSPS) is 8.27. The number of nitriles is 1. The summed E-state index contributed by atoms with van der Waals surface area (Å²) in [6.45, 7) is 0. The van der Waals surface area contributed by atoms with Gasteiger partial charge in [-0.15, -0.1) is 6.42 Å². The Labute approximate surface area is 70.2 Å². The predicted octanol–water partition coefficient (Wildman–Crippen LogP) is 2.19. The van der Waals surface area contributed by atoms with Crippen LogP contribution in [0.4, 0.5) is 0 Å². The number of hydrogen-bond donors (Lipinski definition) is 0. The van der Waals surface area contributed by atoms with Gasteiger partial charge in [0.15, 0.2) is 0 Å². The van der Waals surface area contributed by atoms with E-state index < -0.39 is 0 Å². The van der Waals surface area contributed by atoms with Crippen molar-refractivity contribution in [2.24, 2.45) is 0 Å². The third kappa shape index (κ3) is 1.74. The number of halogens is 1. The van der Waals surface area contributed by atoms with Crippen LogP contribution < -0.4 is 0 Å². The molecule has 2 heteroatoms.